The molecule has 37 heavy (non-hydrogen) atoms. The lowest BCUT2D eigenvalue weighted by atomic mass is 9.33. The zero-order valence-electron chi connectivity index (χ0n) is 20.7. The van der Waals surface area contributed by atoms with E-state index in [1.165, 1.54) is 4.52 Å². The molecule has 0 spiro atoms. The summed E-state index contributed by atoms with van der Waals surface area (Å²) in [5.41, 5.74) is 1.43. The first-order chi connectivity index (χ1) is 17.6. The van der Waals surface area contributed by atoms with Crippen molar-refractivity contribution in [3.05, 3.63) is 56.9 Å². The van der Waals surface area contributed by atoms with Crippen molar-refractivity contribution in [1.82, 2.24) is 24.4 Å². The second-order valence-electron chi connectivity index (χ2n) is 11.5. The highest BCUT2D eigenvalue weighted by atomic mass is 19.4. The van der Waals surface area contributed by atoms with Crippen LogP contribution in [-0.2, 0) is 14.9 Å². The second kappa shape index (κ2) is 7.63. The van der Waals surface area contributed by atoms with Gasteiger partial charge in [0, 0.05) is 46.5 Å². The number of aryl methyl sites for hydroxylation is 1. The van der Waals surface area contributed by atoms with Crippen molar-refractivity contribution < 1.29 is 22.6 Å². The average Bonchev–Trinajstić information content (AvgIpc) is 3.23. The molecule has 2 bridgehead atoms. The number of aromatic nitrogens is 5. The summed E-state index contributed by atoms with van der Waals surface area (Å²) in [6.45, 7) is 5.29. The lowest BCUT2D eigenvalue weighted by Crippen LogP contribution is -2.70. The summed E-state index contributed by atoms with van der Waals surface area (Å²) < 4.78 is 55.5. The Balaban J connectivity index is 1.25. The van der Waals surface area contributed by atoms with Crippen LogP contribution < -0.4 is 5.56 Å². The predicted molar refractivity (Wildman–Crippen MR) is 125 cm³/mol. The third-order valence-corrected chi connectivity index (χ3v) is 9.17. The van der Waals surface area contributed by atoms with Crippen LogP contribution in [0.15, 0.2) is 23.3 Å². The number of fused-ring (bicyclic) bond motifs is 1. The van der Waals surface area contributed by atoms with E-state index in [9.17, 15) is 18.0 Å². The van der Waals surface area contributed by atoms with Crippen LogP contribution in [-0.4, -0.2) is 50.4 Å². The predicted octanol–water partition coefficient (Wildman–Crippen LogP) is 4.09. The van der Waals surface area contributed by atoms with Crippen LogP contribution in [0.4, 0.5) is 13.2 Å². The molecule has 2 aliphatic heterocycles. The van der Waals surface area contributed by atoms with Gasteiger partial charge in [0.2, 0.25) is 0 Å². The highest BCUT2D eigenvalue weighted by molar-refractivity contribution is 5.57. The summed E-state index contributed by atoms with van der Waals surface area (Å²) in [5, 5.41) is 9.20. The van der Waals surface area contributed by atoms with Gasteiger partial charge in [0.25, 0.3) is 5.56 Å². The molecule has 0 aromatic carbocycles. The van der Waals surface area contributed by atoms with Crippen molar-refractivity contribution in [2.45, 2.75) is 75.6 Å². The highest BCUT2D eigenvalue weighted by Gasteiger charge is 2.79. The third kappa shape index (κ3) is 3.29. The molecule has 0 amide bonds. The molecule has 5 fully saturated rings. The smallest absolute Gasteiger partial charge is 0.377 e. The zero-order valence-corrected chi connectivity index (χ0v) is 20.7. The fourth-order valence-corrected chi connectivity index (χ4v) is 6.68. The molecule has 5 aliphatic rings. The second-order valence-corrected chi connectivity index (χ2v) is 11.5. The van der Waals surface area contributed by atoms with E-state index in [-0.39, 0.29) is 42.9 Å². The van der Waals surface area contributed by atoms with Gasteiger partial charge in [-0.3, -0.25) is 9.48 Å². The van der Waals surface area contributed by atoms with Gasteiger partial charge in [-0.2, -0.15) is 27.9 Å². The van der Waals surface area contributed by atoms with Gasteiger partial charge in [0.1, 0.15) is 0 Å². The molecular weight excluding hydrogens is 487 g/mol. The van der Waals surface area contributed by atoms with Crippen LogP contribution >= 0.6 is 0 Å². The minimum Gasteiger partial charge on any atom is -0.377 e. The standard InChI is InChI=1S/C26H28F3N5O3/c1-14-15(2)31-22-19(24-11-25(12-24,13-24)26(27,28)29)6-20(32-34(22)23(14)35)16-3-4-37-21(5-16)17-7-30-33(8-17)18-9-36-10-18/h6-8,16,18,21H,3-5,9-13H2,1-2H3. The highest BCUT2D eigenvalue weighted by Crippen LogP contribution is 2.78. The summed E-state index contributed by atoms with van der Waals surface area (Å²) in [5.74, 6) is -0.00489. The van der Waals surface area contributed by atoms with Crippen LogP contribution in [0, 0.1) is 19.3 Å². The average molecular weight is 516 g/mol. The molecule has 5 heterocycles. The third-order valence-electron chi connectivity index (χ3n) is 9.17. The number of ether oxygens (including phenoxy) is 2. The van der Waals surface area contributed by atoms with Crippen molar-refractivity contribution in [3.63, 3.8) is 0 Å². The largest absolute Gasteiger partial charge is 0.394 e. The van der Waals surface area contributed by atoms with E-state index in [1.807, 2.05) is 23.1 Å². The van der Waals surface area contributed by atoms with E-state index in [4.69, 9.17) is 14.6 Å². The molecule has 3 aromatic rings. The quantitative estimate of drug-likeness (QED) is 0.521. The van der Waals surface area contributed by atoms with Crippen LogP contribution in [0.1, 0.15) is 78.2 Å². The summed E-state index contributed by atoms with van der Waals surface area (Å²) in [6, 6.07) is 2.18. The molecule has 0 N–H and O–H groups in total. The molecule has 2 atom stereocenters. The number of nitrogens with zero attached hydrogens (tertiary/aromatic N) is 5. The normalized spacial score (nSPS) is 31.6. The van der Waals surface area contributed by atoms with Crippen LogP contribution in [0.3, 0.4) is 0 Å². The minimum absolute atomic E-state index is 0.00489. The Morgan fingerprint density at radius 1 is 1.16 bits per heavy atom. The van der Waals surface area contributed by atoms with E-state index in [1.54, 1.807) is 13.8 Å². The van der Waals surface area contributed by atoms with E-state index >= 15 is 0 Å². The monoisotopic (exact) mass is 515 g/mol. The summed E-state index contributed by atoms with van der Waals surface area (Å²) in [6.07, 6.45) is 0.947. The molecule has 11 heteroatoms. The van der Waals surface area contributed by atoms with Crippen molar-refractivity contribution in [3.8, 4) is 0 Å². The van der Waals surface area contributed by atoms with Crippen LogP contribution in [0.25, 0.3) is 5.65 Å². The van der Waals surface area contributed by atoms with Gasteiger partial charge in [-0.1, -0.05) is 0 Å². The maximum Gasteiger partial charge on any atom is 0.394 e. The fourth-order valence-electron chi connectivity index (χ4n) is 6.68. The first-order valence-electron chi connectivity index (χ1n) is 12.8. The van der Waals surface area contributed by atoms with Gasteiger partial charge < -0.3 is 9.47 Å². The molecule has 0 radical (unpaired) electrons. The van der Waals surface area contributed by atoms with Crippen LogP contribution in [0.5, 0.6) is 0 Å². The van der Waals surface area contributed by atoms with Gasteiger partial charge >= 0.3 is 6.18 Å². The summed E-state index contributed by atoms with van der Waals surface area (Å²) >= 11 is 0. The Labute approximate surface area is 210 Å². The summed E-state index contributed by atoms with van der Waals surface area (Å²) in [4.78, 5) is 17.9. The maximum atomic E-state index is 13.6. The van der Waals surface area contributed by atoms with Gasteiger partial charge in [-0.05, 0) is 52.0 Å². The summed E-state index contributed by atoms with van der Waals surface area (Å²) in [7, 11) is 0. The molecular formula is C26H28F3N5O3. The number of hydrogen-bond donors (Lipinski definition) is 0. The molecule has 196 valence electrons. The first-order valence-corrected chi connectivity index (χ1v) is 12.8. The number of rotatable bonds is 4. The van der Waals surface area contributed by atoms with E-state index in [0.717, 1.165) is 11.1 Å². The lowest BCUT2D eigenvalue weighted by Gasteiger charge is -2.70. The van der Waals surface area contributed by atoms with E-state index < -0.39 is 17.0 Å². The topological polar surface area (TPSA) is 83.5 Å². The van der Waals surface area contributed by atoms with Crippen molar-refractivity contribution in [2.75, 3.05) is 19.8 Å². The Morgan fingerprint density at radius 3 is 2.59 bits per heavy atom. The van der Waals surface area contributed by atoms with Crippen molar-refractivity contribution in [1.29, 1.82) is 0 Å². The molecule has 3 aromatic heterocycles. The maximum absolute atomic E-state index is 13.6. The van der Waals surface area contributed by atoms with Gasteiger partial charge in [0.15, 0.2) is 5.65 Å². The molecule has 2 saturated heterocycles. The van der Waals surface area contributed by atoms with Gasteiger partial charge in [-0.15, -0.1) is 0 Å². The van der Waals surface area contributed by atoms with Crippen LogP contribution in [0.2, 0.25) is 0 Å². The van der Waals surface area contributed by atoms with E-state index in [0.29, 0.717) is 55.3 Å². The van der Waals surface area contributed by atoms with Gasteiger partial charge in [-0.25, -0.2) is 4.98 Å². The lowest BCUT2D eigenvalue weighted by molar-refractivity contribution is -0.336. The SMILES string of the molecule is Cc1nc2c(C34CC(C(F)(F)F)(C3)C4)cc(C3CCOC(c4cnn(C5COC5)c4)C3)nn2c(=O)c1C. The zero-order chi connectivity index (χ0) is 25.7. The fraction of sp³-hybridized carbons (Fsp3) is 0.615. The number of halogens is 3. The van der Waals surface area contributed by atoms with Crippen molar-refractivity contribution in [2.24, 2.45) is 5.41 Å². The van der Waals surface area contributed by atoms with Crippen molar-refractivity contribution >= 4 is 5.65 Å². The number of alkyl halides is 3. The minimum atomic E-state index is -4.21. The Hall–Kier alpha value is -2.79. The molecule has 3 aliphatic carbocycles. The Morgan fingerprint density at radius 2 is 1.92 bits per heavy atom. The Bertz CT molecular complexity index is 1450. The number of hydrogen-bond acceptors (Lipinski definition) is 6. The molecule has 8 rings (SSSR count). The first kappa shape index (κ1) is 23.3. The van der Waals surface area contributed by atoms with Gasteiger partial charge in [0.05, 0.1) is 42.7 Å². The Kier molecular flexibility index (Phi) is 4.81. The molecule has 3 saturated carbocycles. The molecule has 2 unspecified atom stereocenters. The molecule has 8 nitrogen and oxygen atoms in total. The van der Waals surface area contributed by atoms with E-state index in [2.05, 4.69) is 10.1 Å².